The zero-order valence-electron chi connectivity index (χ0n) is 7.23. The van der Waals surface area contributed by atoms with E-state index in [1.165, 1.54) is 0 Å². The maximum atomic E-state index is 5.13. The Labute approximate surface area is 80.8 Å². The van der Waals surface area contributed by atoms with E-state index >= 15 is 0 Å². The van der Waals surface area contributed by atoms with Crippen LogP contribution in [0.25, 0.3) is 0 Å². The Hall–Kier alpha value is -0.540. The van der Waals surface area contributed by atoms with Gasteiger partial charge in [-0.1, -0.05) is 12.2 Å². The highest BCUT2D eigenvalue weighted by atomic mass is 79.9. The monoisotopic (exact) mass is 229 g/mol. The molecule has 0 aliphatic carbocycles. The van der Waals surface area contributed by atoms with Gasteiger partial charge in [0.1, 0.15) is 0 Å². The molecule has 0 aliphatic rings. The number of halogens is 1. The molecule has 0 radical (unpaired) electrons. The smallest absolute Gasteiger partial charge is 0.169 e. The van der Waals surface area contributed by atoms with Gasteiger partial charge in [0.25, 0.3) is 0 Å². The molecule has 1 rings (SSSR count). The van der Waals surface area contributed by atoms with E-state index in [0.717, 1.165) is 15.8 Å². The van der Waals surface area contributed by atoms with E-state index in [9.17, 15) is 0 Å². The van der Waals surface area contributed by atoms with E-state index in [4.69, 9.17) is 4.42 Å². The van der Waals surface area contributed by atoms with Gasteiger partial charge in [0.2, 0.25) is 0 Å². The standard InChI is InChI=1S/C9H12BrNO/c1-6(2)9(11-3)7-4-8(10)12-5-7/h4-5,9,11H,1H2,2-3H3. The SMILES string of the molecule is C=C(C)C(NC)c1coc(Br)c1. The molecule has 1 aromatic heterocycles. The lowest BCUT2D eigenvalue weighted by Gasteiger charge is -2.13. The predicted molar refractivity (Wildman–Crippen MR) is 53.0 cm³/mol. The third-order valence-corrected chi connectivity index (χ3v) is 2.12. The summed E-state index contributed by atoms with van der Waals surface area (Å²) in [5, 5.41) is 3.15. The molecule has 2 nitrogen and oxygen atoms in total. The van der Waals surface area contributed by atoms with Crippen molar-refractivity contribution in [2.75, 3.05) is 7.05 Å². The number of nitrogens with one attached hydrogen (secondary N) is 1. The molecule has 66 valence electrons. The van der Waals surface area contributed by atoms with Gasteiger partial charge in [-0.3, -0.25) is 0 Å². The van der Waals surface area contributed by atoms with Crippen molar-refractivity contribution in [3.05, 3.63) is 34.7 Å². The van der Waals surface area contributed by atoms with Crippen molar-refractivity contribution in [1.29, 1.82) is 0 Å². The van der Waals surface area contributed by atoms with Crippen molar-refractivity contribution in [3.8, 4) is 0 Å². The van der Waals surface area contributed by atoms with E-state index in [0.29, 0.717) is 0 Å². The molecule has 3 heteroatoms. The van der Waals surface area contributed by atoms with Crippen molar-refractivity contribution in [2.24, 2.45) is 0 Å². The summed E-state index contributed by atoms with van der Waals surface area (Å²) < 4.78 is 5.88. The largest absolute Gasteiger partial charge is 0.457 e. The van der Waals surface area contributed by atoms with Crippen LogP contribution in [-0.4, -0.2) is 7.05 Å². The summed E-state index contributed by atoms with van der Waals surface area (Å²) in [6.07, 6.45) is 1.72. The highest BCUT2D eigenvalue weighted by Crippen LogP contribution is 2.24. The van der Waals surface area contributed by atoms with Crippen LogP contribution in [0.5, 0.6) is 0 Å². The Kier molecular flexibility index (Phi) is 3.12. The maximum Gasteiger partial charge on any atom is 0.169 e. The number of hydrogen-bond donors (Lipinski definition) is 1. The average molecular weight is 230 g/mol. The summed E-state index contributed by atoms with van der Waals surface area (Å²) in [7, 11) is 1.90. The van der Waals surface area contributed by atoms with Gasteiger partial charge in [-0.15, -0.1) is 0 Å². The van der Waals surface area contributed by atoms with Crippen molar-refractivity contribution in [3.63, 3.8) is 0 Å². The molecule has 0 aromatic carbocycles. The molecule has 0 aliphatic heterocycles. The summed E-state index contributed by atoms with van der Waals surface area (Å²) in [6, 6.07) is 2.12. The first kappa shape index (κ1) is 9.55. The molecular formula is C9H12BrNO. The molecule has 0 saturated carbocycles. The van der Waals surface area contributed by atoms with Crippen LogP contribution in [0.4, 0.5) is 0 Å². The zero-order valence-corrected chi connectivity index (χ0v) is 8.81. The molecule has 0 spiro atoms. The Morgan fingerprint density at radius 3 is 2.75 bits per heavy atom. The van der Waals surface area contributed by atoms with Crippen molar-refractivity contribution in [1.82, 2.24) is 5.32 Å². The Morgan fingerprint density at radius 1 is 1.75 bits per heavy atom. The molecule has 0 fully saturated rings. The minimum Gasteiger partial charge on any atom is -0.457 e. The van der Waals surface area contributed by atoms with Crippen LogP contribution in [-0.2, 0) is 0 Å². The topological polar surface area (TPSA) is 25.2 Å². The van der Waals surface area contributed by atoms with Crippen LogP contribution in [0.2, 0.25) is 0 Å². The Balaban J connectivity index is 2.87. The summed E-state index contributed by atoms with van der Waals surface area (Å²) in [6.45, 7) is 5.88. The predicted octanol–water partition coefficient (Wildman–Crippen LogP) is 2.88. The second kappa shape index (κ2) is 3.92. The van der Waals surface area contributed by atoms with E-state index in [1.807, 2.05) is 20.0 Å². The van der Waals surface area contributed by atoms with Crippen LogP contribution in [0, 0.1) is 0 Å². The minimum atomic E-state index is 0.181. The quantitative estimate of drug-likeness (QED) is 0.807. The highest BCUT2D eigenvalue weighted by Gasteiger charge is 2.11. The summed E-state index contributed by atoms with van der Waals surface area (Å²) in [5.74, 6) is 0. The third-order valence-electron chi connectivity index (χ3n) is 1.70. The van der Waals surface area contributed by atoms with Crippen molar-refractivity contribution >= 4 is 15.9 Å². The Bertz CT molecular complexity index is 280. The van der Waals surface area contributed by atoms with Crippen molar-refractivity contribution in [2.45, 2.75) is 13.0 Å². The fourth-order valence-corrected chi connectivity index (χ4v) is 1.53. The molecule has 0 saturated heterocycles. The van der Waals surface area contributed by atoms with Gasteiger partial charge >= 0.3 is 0 Å². The Morgan fingerprint density at radius 2 is 2.42 bits per heavy atom. The molecule has 1 N–H and O–H groups in total. The number of hydrogen-bond acceptors (Lipinski definition) is 2. The molecular weight excluding hydrogens is 218 g/mol. The summed E-state index contributed by atoms with van der Waals surface area (Å²) in [5.41, 5.74) is 2.17. The lowest BCUT2D eigenvalue weighted by Crippen LogP contribution is -2.16. The van der Waals surface area contributed by atoms with E-state index in [2.05, 4.69) is 27.8 Å². The molecule has 12 heavy (non-hydrogen) atoms. The van der Waals surface area contributed by atoms with Gasteiger partial charge in [0.05, 0.1) is 12.3 Å². The van der Waals surface area contributed by atoms with Crippen LogP contribution in [0.15, 0.2) is 33.6 Å². The fourth-order valence-electron chi connectivity index (χ4n) is 1.17. The molecule has 0 amide bonds. The molecule has 0 bridgehead atoms. The normalized spacial score (nSPS) is 12.9. The maximum absolute atomic E-state index is 5.13. The first-order valence-electron chi connectivity index (χ1n) is 3.71. The first-order valence-corrected chi connectivity index (χ1v) is 4.51. The second-order valence-electron chi connectivity index (χ2n) is 2.75. The van der Waals surface area contributed by atoms with E-state index in [-0.39, 0.29) is 6.04 Å². The number of furan rings is 1. The lowest BCUT2D eigenvalue weighted by atomic mass is 10.1. The van der Waals surface area contributed by atoms with Gasteiger partial charge in [-0.2, -0.15) is 0 Å². The van der Waals surface area contributed by atoms with Crippen molar-refractivity contribution < 1.29 is 4.42 Å². The number of rotatable bonds is 3. The van der Waals surface area contributed by atoms with E-state index < -0.39 is 0 Å². The zero-order chi connectivity index (χ0) is 9.14. The summed E-state index contributed by atoms with van der Waals surface area (Å²) in [4.78, 5) is 0. The van der Waals surface area contributed by atoms with E-state index in [1.54, 1.807) is 6.26 Å². The van der Waals surface area contributed by atoms with Gasteiger partial charge in [-0.25, -0.2) is 0 Å². The van der Waals surface area contributed by atoms with Gasteiger partial charge < -0.3 is 9.73 Å². The number of likely N-dealkylation sites (N-methyl/N-ethyl adjacent to an activating group) is 1. The van der Waals surface area contributed by atoms with Gasteiger partial charge in [-0.05, 0) is 36.0 Å². The average Bonchev–Trinajstić information content (AvgIpc) is 2.37. The lowest BCUT2D eigenvalue weighted by molar-refractivity contribution is 0.533. The van der Waals surface area contributed by atoms with Crippen LogP contribution < -0.4 is 5.32 Å². The molecule has 1 heterocycles. The molecule has 1 aromatic rings. The van der Waals surface area contributed by atoms with Crippen LogP contribution in [0.3, 0.4) is 0 Å². The minimum absolute atomic E-state index is 0.181. The fraction of sp³-hybridized carbons (Fsp3) is 0.333. The van der Waals surface area contributed by atoms with Crippen LogP contribution >= 0.6 is 15.9 Å². The molecule has 1 unspecified atom stereocenters. The second-order valence-corrected chi connectivity index (χ2v) is 3.53. The summed E-state index contributed by atoms with van der Waals surface area (Å²) >= 11 is 3.25. The molecule has 1 atom stereocenters. The highest BCUT2D eigenvalue weighted by molar-refractivity contribution is 9.10. The van der Waals surface area contributed by atoms with Gasteiger partial charge in [0, 0.05) is 5.56 Å². The van der Waals surface area contributed by atoms with Gasteiger partial charge in [0.15, 0.2) is 4.67 Å². The van der Waals surface area contributed by atoms with Crippen LogP contribution in [0.1, 0.15) is 18.5 Å². The first-order chi connectivity index (χ1) is 5.65. The third kappa shape index (κ3) is 1.99.